The number of nitrogens with zero attached hydrogens (tertiary/aromatic N) is 2. The molecule has 1 aromatic heterocycles. The lowest BCUT2D eigenvalue weighted by molar-refractivity contribution is 0.100. The standard InChI is InChI=1S/C15H11F2N3O3/c16-9-10(17)14-12-8(11(9)19)13(21)7(3-18)4-20(12)15(6-23-14)1-2-22-5-15/h4H,1-2,5-6,19H2. The highest BCUT2D eigenvalue weighted by Gasteiger charge is 2.43. The molecule has 8 heteroatoms. The molecule has 2 aliphatic rings. The van der Waals surface area contributed by atoms with Crippen molar-refractivity contribution < 1.29 is 18.3 Å². The van der Waals surface area contributed by atoms with Gasteiger partial charge >= 0.3 is 0 Å². The van der Waals surface area contributed by atoms with Crippen molar-refractivity contribution in [2.75, 3.05) is 25.6 Å². The normalized spacial score (nSPS) is 22.3. The summed E-state index contributed by atoms with van der Waals surface area (Å²) in [5.41, 5.74) is 3.49. The Balaban J connectivity index is 2.26. The van der Waals surface area contributed by atoms with Crippen molar-refractivity contribution in [2.45, 2.75) is 12.0 Å². The topological polar surface area (TPSA) is 90.3 Å². The van der Waals surface area contributed by atoms with E-state index in [9.17, 15) is 18.8 Å². The maximum absolute atomic E-state index is 14.2. The van der Waals surface area contributed by atoms with E-state index in [4.69, 9.17) is 15.2 Å². The number of fused-ring (bicyclic) bond motifs is 1. The predicted octanol–water partition coefficient (Wildman–Crippen LogP) is 1.24. The largest absolute Gasteiger partial charge is 0.486 e. The summed E-state index contributed by atoms with van der Waals surface area (Å²) >= 11 is 0. The fourth-order valence-corrected chi connectivity index (χ4v) is 3.28. The van der Waals surface area contributed by atoms with Gasteiger partial charge in [-0.3, -0.25) is 4.79 Å². The van der Waals surface area contributed by atoms with Crippen LogP contribution in [0.4, 0.5) is 14.5 Å². The Kier molecular flexibility index (Phi) is 2.69. The summed E-state index contributed by atoms with van der Waals surface area (Å²) in [6, 6.07) is 1.79. The first-order valence-electron chi connectivity index (χ1n) is 6.97. The van der Waals surface area contributed by atoms with Crippen molar-refractivity contribution >= 4 is 16.6 Å². The van der Waals surface area contributed by atoms with Crippen molar-refractivity contribution in [3.05, 3.63) is 33.6 Å². The van der Waals surface area contributed by atoms with Gasteiger partial charge in [-0.25, -0.2) is 4.39 Å². The summed E-state index contributed by atoms with van der Waals surface area (Å²) in [7, 11) is 0. The summed E-state index contributed by atoms with van der Waals surface area (Å²) in [5.74, 6) is -2.93. The van der Waals surface area contributed by atoms with Crippen LogP contribution in [0.3, 0.4) is 0 Å². The van der Waals surface area contributed by atoms with Crippen LogP contribution < -0.4 is 15.9 Å². The molecule has 0 amide bonds. The number of hydrogen-bond acceptors (Lipinski definition) is 5. The number of rotatable bonds is 0. The van der Waals surface area contributed by atoms with Crippen molar-refractivity contribution in [3.63, 3.8) is 0 Å². The van der Waals surface area contributed by atoms with E-state index in [0.29, 0.717) is 13.0 Å². The summed E-state index contributed by atoms with van der Waals surface area (Å²) in [6.45, 7) is 0.810. The van der Waals surface area contributed by atoms with Gasteiger partial charge in [0, 0.05) is 12.8 Å². The molecule has 0 saturated carbocycles. The number of hydrogen-bond donors (Lipinski definition) is 1. The second-order valence-electron chi connectivity index (χ2n) is 5.76. The number of benzene rings is 1. The number of halogens is 2. The van der Waals surface area contributed by atoms with Crippen LogP contribution in [0.1, 0.15) is 12.0 Å². The third-order valence-corrected chi connectivity index (χ3v) is 4.52. The molecular formula is C15H11F2N3O3. The zero-order chi connectivity index (χ0) is 16.4. The Labute approximate surface area is 128 Å². The van der Waals surface area contributed by atoms with Crippen LogP contribution in [0.25, 0.3) is 10.9 Å². The third-order valence-electron chi connectivity index (χ3n) is 4.52. The van der Waals surface area contributed by atoms with Gasteiger partial charge in [0.1, 0.15) is 29.3 Å². The Morgan fingerprint density at radius 1 is 1.35 bits per heavy atom. The zero-order valence-electron chi connectivity index (χ0n) is 11.9. The molecule has 0 aliphatic carbocycles. The molecule has 118 valence electrons. The highest BCUT2D eigenvalue weighted by atomic mass is 19.2. The monoisotopic (exact) mass is 319 g/mol. The molecule has 3 heterocycles. The fourth-order valence-electron chi connectivity index (χ4n) is 3.28. The quantitative estimate of drug-likeness (QED) is 0.738. The maximum atomic E-state index is 14.2. The highest BCUT2D eigenvalue weighted by molar-refractivity contribution is 5.96. The van der Waals surface area contributed by atoms with Crippen LogP contribution in [0.15, 0.2) is 11.0 Å². The lowest BCUT2D eigenvalue weighted by Gasteiger charge is -2.37. The predicted molar refractivity (Wildman–Crippen MR) is 76.2 cm³/mol. The number of ether oxygens (including phenoxy) is 2. The fraction of sp³-hybridized carbons (Fsp3) is 0.333. The van der Waals surface area contributed by atoms with Gasteiger partial charge in [0.05, 0.1) is 17.7 Å². The molecule has 2 aliphatic heterocycles. The van der Waals surface area contributed by atoms with Crippen LogP contribution in [-0.4, -0.2) is 24.4 Å². The van der Waals surface area contributed by atoms with Crippen LogP contribution in [0.2, 0.25) is 0 Å². The molecule has 1 aromatic carbocycles. The van der Waals surface area contributed by atoms with Crippen LogP contribution in [0, 0.1) is 23.0 Å². The molecule has 1 atom stereocenters. The summed E-state index contributed by atoms with van der Waals surface area (Å²) in [5, 5.41) is 8.96. The summed E-state index contributed by atoms with van der Waals surface area (Å²) in [4.78, 5) is 12.4. The Hall–Kier alpha value is -2.66. The summed E-state index contributed by atoms with van der Waals surface area (Å²) < 4.78 is 40.7. The van der Waals surface area contributed by atoms with Crippen molar-refractivity contribution in [1.29, 1.82) is 5.26 Å². The Morgan fingerprint density at radius 3 is 2.78 bits per heavy atom. The van der Waals surface area contributed by atoms with E-state index >= 15 is 0 Å². The second-order valence-corrected chi connectivity index (χ2v) is 5.76. The smallest absolute Gasteiger partial charge is 0.209 e. The van der Waals surface area contributed by atoms with Gasteiger partial charge in [0.25, 0.3) is 0 Å². The first-order chi connectivity index (χ1) is 11.0. The zero-order valence-corrected chi connectivity index (χ0v) is 11.9. The molecule has 1 unspecified atom stereocenters. The van der Waals surface area contributed by atoms with E-state index in [1.807, 2.05) is 0 Å². The van der Waals surface area contributed by atoms with Gasteiger partial charge in [0.15, 0.2) is 11.6 Å². The number of pyridine rings is 1. The van der Waals surface area contributed by atoms with Gasteiger partial charge in [-0.2, -0.15) is 9.65 Å². The average molecular weight is 319 g/mol. The molecular weight excluding hydrogens is 308 g/mol. The van der Waals surface area contributed by atoms with Gasteiger partial charge in [-0.05, 0) is 6.42 Å². The van der Waals surface area contributed by atoms with Gasteiger partial charge < -0.3 is 19.8 Å². The number of nitriles is 1. The SMILES string of the molecule is N#Cc1cn2c3c(c(F)c(F)c(N)c3c1=O)OCC21CCOC1. The molecule has 0 radical (unpaired) electrons. The molecule has 2 aromatic rings. The molecule has 6 nitrogen and oxygen atoms in total. The molecule has 23 heavy (non-hydrogen) atoms. The maximum Gasteiger partial charge on any atom is 0.209 e. The van der Waals surface area contributed by atoms with E-state index in [1.54, 1.807) is 10.6 Å². The van der Waals surface area contributed by atoms with Crippen LogP contribution in [0.5, 0.6) is 5.75 Å². The first-order valence-corrected chi connectivity index (χ1v) is 6.97. The van der Waals surface area contributed by atoms with E-state index in [1.165, 1.54) is 6.20 Å². The number of aromatic nitrogens is 1. The van der Waals surface area contributed by atoms with Crippen LogP contribution >= 0.6 is 0 Å². The number of anilines is 1. The lowest BCUT2D eigenvalue weighted by Crippen LogP contribution is -2.44. The van der Waals surface area contributed by atoms with Crippen molar-refractivity contribution in [2.24, 2.45) is 0 Å². The van der Waals surface area contributed by atoms with Crippen LogP contribution in [-0.2, 0) is 10.3 Å². The van der Waals surface area contributed by atoms with Crippen molar-refractivity contribution in [3.8, 4) is 11.8 Å². The minimum atomic E-state index is -1.34. The van der Waals surface area contributed by atoms with E-state index in [-0.39, 0.29) is 35.4 Å². The Bertz CT molecular complexity index is 956. The van der Waals surface area contributed by atoms with E-state index in [0.717, 1.165) is 0 Å². The second kappa shape index (κ2) is 4.43. The molecule has 2 N–H and O–H groups in total. The first kappa shape index (κ1) is 14.0. The van der Waals surface area contributed by atoms with E-state index in [2.05, 4.69) is 0 Å². The molecule has 0 bridgehead atoms. The Morgan fingerprint density at radius 2 is 2.13 bits per heavy atom. The third kappa shape index (κ3) is 1.60. The molecule has 1 saturated heterocycles. The van der Waals surface area contributed by atoms with E-state index < -0.39 is 28.3 Å². The molecule has 1 spiro atoms. The minimum absolute atomic E-state index is 0.0586. The highest BCUT2D eigenvalue weighted by Crippen LogP contribution is 2.43. The number of nitrogen functional groups attached to an aromatic ring is 1. The van der Waals surface area contributed by atoms with Gasteiger partial charge in [0.2, 0.25) is 11.2 Å². The van der Waals surface area contributed by atoms with Gasteiger partial charge in [-0.15, -0.1) is 0 Å². The summed E-state index contributed by atoms with van der Waals surface area (Å²) in [6.07, 6.45) is 1.91. The lowest BCUT2D eigenvalue weighted by atomic mass is 9.95. The number of nitrogens with two attached hydrogens (primary N) is 1. The van der Waals surface area contributed by atoms with Crippen molar-refractivity contribution in [1.82, 2.24) is 4.57 Å². The average Bonchev–Trinajstić information content (AvgIpc) is 3.01. The minimum Gasteiger partial charge on any atom is -0.486 e. The molecule has 1 fully saturated rings. The van der Waals surface area contributed by atoms with Gasteiger partial charge in [-0.1, -0.05) is 0 Å². The molecule has 4 rings (SSSR count).